The van der Waals surface area contributed by atoms with E-state index in [4.69, 9.17) is 0 Å². The third-order valence-electron chi connectivity index (χ3n) is 5.21. The molecule has 7 nitrogen and oxygen atoms in total. The average Bonchev–Trinajstić information content (AvgIpc) is 3.04. The fraction of sp³-hybridized carbons (Fsp3) is 0.125. The van der Waals surface area contributed by atoms with Crippen molar-refractivity contribution in [1.82, 2.24) is 9.88 Å². The Morgan fingerprint density at radius 3 is 2.16 bits per heavy atom. The number of hydrogen-bond acceptors (Lipinski definition) is 5. The monoisotopic (exact) mass is 411 g/mol. The molecule has 1 aliphatic rings. The number of aromatic nitrogens is 1. The minimum atomic E-state index is -0.581. The van der Waals surface area contributed by atoms with Gasteiger partial charge in [-0.25, -0.2) is 0 Å². The van der Waals surface area contributed by atoms with Crippen LogP contribution in [-0.2, 0) is 6.42 Å². The Morgan fingerprint density at radius 2 is 1.55 bits per heavy atom. The molecule has 0 atom stereocenters. The van der Waals surface area contributed by atoms with Gasteiger partial charge in [-0.15, -0.1) is 0 Å². The number of carbonyl (C=O) groups is 3. The van der Waals surface area contributed by atoms with E-state index in [9.17, 15) is 24.4 Å². The molecule has 1 aromatic heterocycles. The molecule has 2 aromatic carbocycles. The highest BCUT2D eigenvalue weighted by molar-refractivity contribution is 6.21. The van der Waals surface area contributed by atoms with E-state index in [-0.39, 0.29) is 41.7 Å². The molecule has 152 valence electrons. The predicted octanol–water partition coefficient (Wildman–Crippen LogP) is 2.71. The number of carbonyl (C=O) groups excluding carboxylic acids is 3. The van der Waals surface area contributed by atoms with Crippen LogP contribution < -0.4 is 5.56 Å². The Hall–Kier alpha value is -4.31. The van der Waals surface area contributed by atoms with Gasteiger partial charge in [0.2, 0.25) is 0 Å². The van der Waals surface area contributed by atoms with E-state index in [0.29, 0.717) is 28.8 Å². The van der Waals surface area contributed by atoms with E-state index in [2.05, 4.69) is 4.98 Å². The Labute approximate surface area is 177 Å². The zero-order valence-electron chi connectivity index (χ0n) is 16.4. The molecule has 4 rings (SSSR count). The summed E-state index contributed by atoms with van der Waals surface area (Å²) < 4.78 is 0. The van der Waals surface area contributed by atoms with E-state index < -0.39 is 5.56 Å². The summed E-state index contributed by atoms with van der Waals surface area (Å²) in [6.45, 7) is 0.146. The quantitative estimate of drug-likeness (QED) is 0.495. The number of fused-ring (bicyclic) bond motifs is 1. The van der Waals surface area contributed by atoms with Crippen molar-refractivity contribution in [3.8, 4) is 6.07 Å². The zero-order chi connectivity index (χ0) is 22.0. The first-order valence-electron chi connectivity index (χ1n) is 9.72. The summed E-state index contributed by atoms with van der Waals surface area (Å²) >= 11 is 0. The number of rotatable bonds is 6. The Bertz CT molecular complexity index is 1270. The van der Waals surface area contributed by atoms with Gasteiger partial charge in [0, 0.05) is 23.4 Å². The average molecular weight is 411 g/mol. The Morgan fingerprint density at radius 1 is 0.935 bits per heavy atom. The number of hydrogen-bond donors (Lipinski definition) is 1. The third-order valence-corrected chi connectivity index (χ3v) is 5.21. The van der Waals surface area contributed by atoms with Crippen molar-refractivity contribution in [2.24, 2.45) is 0 Å². The van der Waals surface area contributed by atoms with Gasteiger partial charge in [-0.1, -0.05) is 42.5 Å². The summed E-state index contributed by atoms with van der Waals surface area (Å²) in [6, 6.07) is 18.3. The van der Waals surface area contributed by atoms with Gasteiger partial charge in [-0.2, -0.15) is 5.26 Å². The zero-order valence-corrected chi connectivity index (χ0v) is 16.4. The van der Waals surface area contributed by atoms with Crippen molar-refractivity contribution in [3.63, 3.8) is 0 Å². The largest absolute Gasteiger partial charge is 0.324 e. The highest BCUT2D eigenvalue weighted by Crippen LogP contribution is 2.23. The lowest BCUT2D eigenvalue weighted by Crippen LogP contribution is -2.31. The number of benzene rings is 2. The first kappa shape index (κ1) is 20.0. The lowest BCUT2D eigenvalue weighted by Gasteiger charge is -2.14. The predicted molar refractivity (Wildman–Crippen MR) is 112 cm³/mol. The molecule has 0 aliphatic carbocycles. The summed E-state index contributed by atoms with van der Waals surface area (Å²) in [6.07, 6.45) is 0.602. The number of nitriles is 1. The normalized spacial score (nSPS) is 12.5. The summed E-state index contributed by atoms with van der Waals surface area (Å²) in [5.41, 5.74) is 1.05. The second-order valence-corrected chi connectivity index (χ2v) is 7.12. The molecule has 0 bridgehead atoms. The van der Waals surface area contributed by atoms with Gasteiger partial charge in [-0.3, -0.25) is 24.1 Å². The molecule has 0 fully saturated rings. The van der Waals surface area contributed by atoms with Gasteiger partial charge >= 0.3 is 0 Å². The SMILES string of the molecule is N#Cc1cc(C(=O)c2ccccc2)c(CCCN2C(=O)c3ccccc3C2=O)[nH]c1=O. The van der Waals surface area contributed by atoms with Crippen LogP contribution >= 0.6 is 0 Å². The van der Waals surface area contributed by atoms with Gasteiger partial charge in [0.05, 0.1) is 11.1 Å². The summed E-state index contributed by atoms with van der Waals surface area (Å²) in [5, 5.41) is 9.19. The molecule has 1 aliphatic heterocycles. The van der Waals surface area contributed by atoms with Crippen molar-refractivity contribution in [3.05, 3.63) is 105 Å². The first-order chi connectivity index (χ1) is 15.0. The number of H-pyrrole nitrogens is 1. The van der Waals surface area contributed by atoms with Gasteiger partial charge < -0.3 is 4.98 Å². The highest BCUT2D eigenvalue weighted by atomic mass is 16.2. The first-order valence-corrected chi connectivity index (χ1v) is 9.72. The van der Waals surface area contributed by atoms with Crippen molar-refractivity contribution in [1.29, 1.82) is 5.26 Å². The van der Waals surface area contributed by atoms with Crippen molar-refractivity contribution < 1.29 is 14.4 Å². The number of nitrogens with zero attached hydrogens (tertiary/aromatic N) is 2. The number of aromatic amines is 1. The number of aryl methyl sites for hydroxylation is 1. The maximum atomic E-state index is 13.0. The van der Waals surface area contributed by atoms with E-state index in [1.165, 1.54) is 11.0 Å². The second kappa shape index (κ2) is 8.20. The molecule has 0 unspecified atom stereocenters. The molecular weight excluding hydrogens is 394 g/mol. The van der Waals surface area contributed by atoms with E-state index in [1.54, 1.807) is 60.7 Å². The molecule has 0 spiro atoms. The molecule has 7 heteroatoms. The molecule has 0 saturated carbocycles. The maximum absolute atomic E-state index is 13.0. The molecule has 2 heterocycles. The molecular formula is C24H17N3O4. The highest BCUT2D eigenvalue weighted by Gasteiger charge is 2.34. The Kier molecular flexibility index (Phi) is 5.29. The standard InChI is InChI=1S/C24H17N3O4/c25-14-16-13-19(21(28)15-7-2-1-3-8-15)20(26-22(16)29)11-6-12-27-23(30)17-9-4-5-10-18(17)24(27)31/h1-5,7-10,13H,6,11-12H2,(H,26,29). The third kappa shape index (κ3) is 3.67. The molecule has 1 N–H and O–H groups in total. The molecule has 2 amide bonds. The lowest BCUT2D eigenvalue weighted by atomic mass is 9.98. The van der Waals surface area contributed by atoms with Crippen molar-refractivity contribution in [2.45, 2.75) is 12.8 Å². The molecule has 31 heavy (non-hydrogen) atoms. The molecule has 0 radical (unpaired) electrons. The van der Waals surface area contributed by atoms with Gasteiger partial charge in [-0.05, 0) is 31.0 Å². The maximum Gasteiger partial charge on any atom is 0.266 e. The molecule has 3 aromatic rings. The van der Waals surface area contributed by atoms with Crippen LogP contribution in [0.1, 0.15) is 54.3 Å². The van der Waals surface area contributed by atoms with Gasteiger partial charge in [0.1, 0.15) is 11.6 Å². The lowest BCUT2D eigenvalue weighted by molar-refractivity contribution is 0.0652. The van der Waals surface area contributed by atoms with Crippen LogP contribution in [0.25, 0.3) is 0 Å². The van der Waals surface area contributed by atoms with Crippen LogP contribution in [-0.4, -0.2) is 34.0 Å². The topological polar surface area (TPSA) is 111 Å². The summed E-state index contributed by atoms with van der Waals surface area (Å²) in [7, 11) is 0. The Balaban J connectivity index is 1.56. The number of ketones is 1. The van der Waals surface area contributed by atoms with Crippen LogP contribution in [0.5, 0.6) is 0 Å². The second-order valence-electron chi connectivity index (χ2n) is 7.12. The minimum Gasteiger partial charge on any atom is -0.324 e. The van der Waals surface area contributed by atoms with Crippen molar-refractivity contribution in [2.75, 3.05) is 6.54 Å². The fourth-order valence-electron chi connectivity index (χ4n) is 3.65. The van der Waals surface area contributed by atoms with Crippen LogP contribution in [0.3, 0.4) is 0 Å². The minimum absolute atomic E-state index is 0.146. The summed E-state index contributed by atoms with van der Waals surface area (Å²) in [5.74, 6) is -1.02. The van der Waals surface area contributed by atoms with Gasteiger partial charge in [0.25, 0.3) is 17.4 Å². The smallest absolute Gasteiger partial charge is 0.266 e. The number of pyridine rings is 1. The van der Waals surface area contributed by atoms with Crippen LogP contribution in [0.2, 0.25) is 0 Å². The van der Waals surface area contributed by atoms with E-state index in [0.717, 1.165) is 0 Å². The molecule has 0 saturated heterocycles. The summed E-state index contributed by atoms with van der Waals surface area (Å²) in [4.78, 5) is 53.9. The van der Waals surface area contributed by atoms with Crippen LogP contribution in [0, 0.1) is 11.3 Å². The van der Waals surface area contributed by atoms with E-state index in [1.807, 2.05) is 0 Å². The van der Waals surface area contributed by atoms with Crippen LogP contribution in [0.15, 0.2) is 65.5 Å². The number of imide groups is 1. The number of amides is 2. The van der Waals surface area contributed by atoms with E-state index >= 15 is 0 Å². The van der Waals surface area contributed by atoms with Gasteiger partial charge in [0.15, 0.2) is 5.78 Å². The number of nitrogens with one attached hydrogen (secondary N) is 1. The fourth-order valence-corrected chi connectivity index (χ4v) is 3.65. The van der Waals surface area contributed by atoms with Crippen LogP contribution in [0.4, 0.5) is 0 Å². The van der Waals surface area contributed by atoms with Crippen molar-refractivity contribution >= 4 is 17.6 Å².